The SMILES string of the molecule is CC(NC(=O)CCC1CCNC1)c1ccccc1Oc1ccccc1. The number of benzene rings is 2. The molecule has 4 nitrogen and oxygen atoms in total. The summed E-state index contributed by atoms with van der Waals surface area (Å²) < 4.78 is 5.99. The van der Waals surface area contributed by atoms with Crippen LogP contribution in [-0.4, -0.2) is 19.0 Å². The third-order valence-corrected chi connectivity index (χ3v) is 4.68. The number of carbonyl (C=O) groups is 1. The molecule has 1 aliphatic rings. The van der Waals surface area contributed by atoms with Crippen LogP contribution in [0.3, 0.4) is 0 Å². The molecule has 25 heavy (non-hydrogen) atoms. The maximum Gasteiger partial charge on any atom is 0.220 e. The van der Waals surface area contributed by atoms with E-state index in [4.69, 9.17) is 4.74 Å². The lowest BCUT2D eigenvalue weighted by Crippen LogP contribution is -2.27. The zero-order valence-corrected chi connectivity index (χ0v) is 14.7. The molecule has 2 atom stereocenters. The molecule has 1 amide bonds. The number of para-hydroxylation sites is 2. The molecule has 1 fully saturated rings. The maximum atomic E-state index is 12.3. The quantitative estimate of drug-likeness (QED) is 0.801. The van der Waals surface area contributed by atoms with Gasteiger partial charge in [-0.3, -0.25) is 4.79 Å². The van der Waals surface area contributed by atoms with Gasteiger partial charge in [0, 0.05) is 12.0 Å². The van der Waals surface area contributed by atoms with Gasteiger partial charge in [0.15, 0.2) is 0 Å². The first-order chi connectivity index (χ1) is 12.2. The van der Waals surface area contributed by atoms with Crippen LogP contribution in [0.2, 0.25) is 0 Å². The smallest absolute Gasteiger partial charge is 0.220 e. The molecule has 0 radical (unpaired) electrons. The molecule has 1 heterocycles. The summed E-state index contributed by atoms with van der Waals surface area (Å²) in [5, 5.41) is 6.45. The first-order valence-corrected chi connectivity index (χ1v) is 9.04. The summed E-state index contributed by atoms with van der Waals surface area (Å²) in [5.41, 5.74) is 0.988. The minimum atomic E-state index is -0.0888. The van der Waals surface area contributed by atoms with Gasteiger partial charge in [-0.05, 0) is 57.0 Å². The zero-order valence-electron chi connectivity index (χ0n) is 14.7. The van der Waals surface area contributed by atoms with Crippen LogP contribution in [0.15, 0.2) is 54.6 Å². The van der Waals surface area contributed by atoms with Crippen LogP contribution < -0.4 is 15.4 Å². The first-order valence-electron chi connectivity index (χ1n) is 9.04. The molecule has 0 aromatic heterocycles. The number of rotatable bonds is 7. The standard InChI is InChI=1S/C21H26N2O2/c1-16(23-21(24)12-11-17-13-14-22-15-17)19-9-5-6-10-20(19)25-18-7-3-2-4-8-18/h2-10,16-17,22H,11-15H2,1H3,(H,23,24). The second-order valence-electron chi connectivity index (χ2n) is 6.64. The Labute approximate surface area is 149 Å². The number of hydrogen-bond acceptors (Lipinski definition) is 3. The number of amides is 1. The molecule has 1 aliphatic heterocycles. The molecule has 0 spiro atoms. The van der Waals surface area contributed by atoms with E-state index in [0.29, 0.717) is 12.3 Å². The highest BCUT2D eigenvalue weighted by molar-refractivity contribution is 5.76. The molecule has 2 aromatic rings. The van der Waals surface area contributed by atoms with E-state index < -0.39 is 0 Å². The second kappa shape index (κ2) is 8.67. The van der Waals surface area contributed by atoms with Crippen molar-refractivity contribution in [3.63, 3.8) is 0 Å². The second-order valence-corrected chi connectivity index (χ2v) is 6.64. The van der Waals surface area contributed by atoms with Gasteiger partial charge < -0.3 is 15.4 Å². The monoisotopic (exact) mass is 338 g/mol. The summed E-state index contributed by atoms with van der Waals surface area (Å²) >= 11 is 0. The summed E-state index contributed by atoms with van der Waals surface area (Å²) in [7, 11) is 0. The molecular formula is C21H26N2O2. The third kappa shape index (κ3) is 5.07. The average molecular weight is 338 g/mol. The molecule has 0 aliphatic carbocycles. The Balaban J connectivity index is 1.59. The van der Waals surface area contributed by atoms with Gasteiger partial charge >= 0.3 is 0 Å². The Kier molecular flexibility index (Phi) is 6.07. The van der Waals surface area contributed by atoms with Crippen molar-refractivity contribution < 1.29 is 9.53 Å². The Morgan fingerprint density at radius 3 is 2.72 bits per heavy atom. The van der Waals surface area contributed by atoms with E-state index in [9.17, 15) is 4.79 Å². The van der Waals surface area contributed by atoms with Crippen molar-refractivity contribution >= 4 is 5.91 Å². The highest BCUT2D eigenvalue weighted by atomic mass is 16.5. The van der Waals surface area contributed by atoms with Crippen molar-refractivity contribution in [3.05, 3.63) is 60.2 Å². The third-order valence-electron chi connectivity index (χ3n) is 4.68. The van der Waals surface area contributed by atoms with Crippen molar-refractivity contribution in [2.75, 3.05) is 13.1 Å². The zero-order chi connectivity index (χ0) is 17.5. The van der Waals surface area contributed by atoms with E-state index in [0.717, 1.165) is 36.6 Å². The molecule has 4 heteroatoms. The molecule has 3 rings (SSSR count). The van der Waals surface area contributed by atoms with Crippen LogP contribution >= 0.6 is 0 Å². The van der Waals surface area contributed by atoms with Crippen LogP contribution in [0, 0.1) is 5.92 Å². The summed E-state index contributed by atoms with van der Waals surface area (Å²) in [6.45, 7) is 4.12. The lowest BCUT2D eigenvalue weighted by atomic mass is 10.0. The lowest BCUT2D eigenvalue weighted by molar-refractivity contribution is -0.122. The fourth-order valence-corrected chi connectivity index (χ4v) is 3.23. The van der Waals surface area contributed by atoms with Crippen molar-refractivity contribution in [3.8, 4) is 11.5 Å². The van der Waals surface area contributed by atoms with Gasteiger partial charge in [0.1, 0.15) is 11.5 Å². The fourth-order valence-electron chi connectivity index (χ4n) is 3.23. The number of nitrogens with one attached hydrogen (secondary N) is 2. The molecule has 0 saturated carbocycles. The Morgan fingerprint density at radius 1 is 1.20 bits per heavy atom. The van der Waals surface area contributed by atoms with Crippen LogP contribution in [0.1, 0.15) is 37.8 Å². The largest absolute Gasteiger partial charge is 0.457 e. The predicted molar refractivity (Wildman–Crippen MR) is 99.7 cm³/mol. The molecule has 1 saturated heterocycles. The van der Waals surface area contributed by atoms with Gasteiger partial charge in [0.05, 0.1) is 6.04 Å². The van der Waals surface area contributed by atoms with E-state index in [-0.39, 0.29) is 11.9 Å². The summed E-state index contributed by atoms with van der Waals surface area (Å²) in [6.07, 6.45) is 2.71. The van der Waals surface area contributed by atoms with E-state index in [2.05, 4.69) is 10.6 Å². The number of carbonyl (C=O) groups excluding carboxylic acids is 1. The summed E-state index contributed by atoms with van der Waals surface area (Å²) in [6, 6.07) is 17.5. The average Bonchev–Trinajstić information content (AvgIpc) is 3.15. The van der Waals surface area contributed by atoms with Gasteiger partial charge in [-0.1, -0.05) is 36.4 Å². The van der Waals surface area contributed by atoms with Crippen LogP contribution in [-0.2, 0) is 4.79 Å². The summed E-state index contributed by atoms with van der Waals surface area (Å²) in [5.74, 6) is 2.31. The number of hydrogen-bond donors (Lipinski definition) is 2. The Bertz CT molecular complexity index is 681. The molecule has 2 unspecified atom stereocenters. The molecular weight excluding hydrogens is 312 g/mol. The topological polar surface area (TPSA) is 50.4 Å². The number of ether oxygens (including phenoxy) is 1. The molecule has 2 aromatic carbocycles. The normalized spacial score (nSPS) is 17.9. The minimum Gasteiger partial charge on any atom is -0.457 e. The maximum absolute atomic E-state index is 12.3. The van der Waals surface area contributed by atoms with E-state index >= 15 is 0 Å². The van der Waals surface area contributed by atoms with Crippen LogP contribution in [0.25, 0.3) is 0 Å². The highest BCUT2D eigenvalue weighted by Crippen LogP contribution is 2.29. The van der Waals surface area contributed by atoms with Gasteiger partial charge in [-0.2, -0.15) is 0 Å². The molecule has 132 valence electrons. The van der Waals surface area contributed by atoms with Crippen molar-refractivity contribution in [1.82, 2.24) is 10.6 Å². The van der Waals surface area contributed by atoms with Gasteiger partial charge in [-0.15, -0.1) is 0 Å². The van der Waals surface area contributed by atoms with Crippen molar-refractivity contribution in [2.45, 2.75) is 32.2 Å². The van der Waals surface area contributed by atoms with E-state index in [1.807, 2.05) is 61.5 Å². The van der Waals surface area contributed by atoms with E-state index in [1.165, 1.54) is 6.42 Å². The van der Waals surface area contributed by atoms with Gasteiger partial charge in [0.25, 0.3) is 0 Å². The molecule has 2 N–H and O–H groups in total. The lowest BCUT2D eigenvalue weighted by Gasteiger charge is -2.18. The van der Waals surface area contributed by atoms with Gasteiger partial charge in [0.2, 0.25) is 5.91 Å². The van der Waals surface area contributed by atoms with Crippen molar-refractivity contribution in [2.24, 2.45) is 5.92 Å². The van der Waals surface area contributed by atoms with Crippen LogP contribution in [0.4, 0.5) is 0 Å². The highest BCUT2D eigenvalue weighted by Gasteiger charge is 2.18. The van der Waals surface area contributed by atoms with Gasteiger partial charge in [-0.25, -0.2) is 0 Å². The Morgan fingerprint density at radius 2 is 1.96 bits per heavy atom. The predicted octanol–water partition coefficient (Wildman–Crippen LogP) is 4.05. The Hall–Kier alpha value is -2.33. The summed E-state index contributed by atoms with van der Waals surface area (Å²) in [4.78, 5) is 12.3. The first kappa shape index (κ1) is 17.5. The van der Waals surface area contributed by atoms with Crippen LogP contribution in [0.5, 0.6) is 11.5 Å². The fraction of sp³-hybridized carbons (Fsp3) is 0.381. The minimum absolute atomic E-state index is 0.0888. The van der Waals surface area contributed by atoms with E-state index in [1.54, 1.807) is 0 Å². The van der Waals surface area contributed by atoms with Crippen molar-refractivity contribution in [1.29, 1.82) is 0 Å². The molecule has 0 bridgehead atoms.